The van der Waals surface area contributed by atoms with Crippen molar-refractivity contribution in [3.63, 3.8) is 0 Å². The highest BCUT2D eigenvalue weighted by molar-refractivity contribution is 4.97. The Balaban J connectivity index is 2.12. The number of nitrogens with zero attached hydrogens (tertiary/aromatic N) is 1. The summed E-state index contributed by atoms with van der Waals surface area (Å²) in [6.07, 6.45) is 1.34. The van der Waals surface area contributed by atoms with Crippen molar-refractivity contribution in [1.82, 2.24) is 10.2 Å². The van der Waals surface area contributed by atoms with Gasteiger partial charge in [-0.3, -0.25) is 0 Å². The quantitative estimate of drug-likeness (QED) is 0.536. The second-order valence-electron chi connectivity index (χ2n) is 4.30. The predicted octanol–water partition coefficient (Wildman–Crippen LogP) is 1.33. The van der Waals surface area contributed by atoms with Crippen molar-refractivity contribution >= 4 is 0 Å². The molecule has 1 fully saturated rings. The Hall–Kier alpha value is -0.520. The van der Waals surface area contributed by atoms with E-state index in [1.54, 1.807) is 0 Å². The fourth-order valence-electron chi connectivity index (χ4n) is 1.93. The van der Waals surface area contributed by atoms with Crippen LogP contribution in [0.15, 0.2) is 0 Å². The molecule has 2 nitrogen and oxygen atoms in total. The molecule has 14 heavy (non-hydrogen) atoms. The third-order valence-corrected chi connectivity index (χ3v) is 2.87. The Morgan fingerprint density at radius 1 is 1.50 bits per heavy atom. The minimum Gasteiger partial charge on any atom is -0.306 e. The predicted molar refractivity (Wildman–Crippen MR) is 61.1 cm³/mol. The van der Waals surface area contributed by atoms with Gasteiger partial charge in [0.1, 0.15) is 0 Å². The van der Waals surface area contributed by atoms with Gasteiger partial charge in [-0.15, -0.1) is 5.92 Å². The fraction of sp³-hybridized carbons (Fsp3) is 0.833. The molecule has 1 heterocycles. The van der Waals surface area contributed by atoms with Crippen LogP contribution in [-0.2, 0) is 0 Å². The van der Waals surface area contributed by atoms with E-state index in [-0.39, 0.29) is 0 Å². The zero-order chi connectivity index (χ0) is 10.4. The van der Waals surface area contributed by atoms with Gasteiger partial charge >= 0.3 is 0 Å². The molecule has 1 aliphatic rings. The van der Waals surface area contributed by atoms with Gasteiger partial charge in [-0.25, -0.2) is 0 Å². The average Bonchev–Trinajstić information content (AvgIpc) is 2.61. The molecule has 0 aromatic rings. The molecule has 0 saturated carbocycles. The summed E-state index contributed by atoms with van der Waals surface area (Å²) in [4.78, 5) is 2.55. The molecule has 0 aromatic heterocycles. The average molecular weight is 194 g/mol. The van der Waals surface area contributed by atoms with Crippen molar-refractivity contribution in [3.05, 3.63) is 0 Å². The molecule has 1 atom stereocenters. The number of likely N-dealkylation sites (tertiary alicyclic amines) is 1. The normalized spacial score (nSPS) is 22.4. The van der Waals surface area contributed by atoms with Crippen molar-refractivity contribution in [2.24, 2.45) is 5.92 Å². The molecule has 0 aromatic carbocycles. The van der Waals surface area contributed by atoms with Gasteiger partial charge < -0.3 is 10.2 Å². The van der Waals surface area contributed by atoms with Gasteiger partial charge in [-0.1, -0.05) is 5.92 Å². The Morgan fingerprint density at radius 3 is 2.86 bits per heavy atom. The standard InChI is InChI=1S/C12H22N2/c1-4-5-7-13-9-12-6-8-14(10-12)11(2)3/h11-13H,6-10H2,1-3H3. The summed E-state index contributed by atoms with van der Waals surface area (Å²) in [5, 5.41) is 3.39. The molecule has 1 rings (SSSR count). The SMILES string of the molecule is CC#CCNCC1CCN(C(C)C)C1. The lowest BCUT2D eigenvalue weighted by atomic mass is 10.1. The van der Waals surface area contributed by atoms with Gasteiger partial charge in [-0.2, -0.15) is 0 Å². The topological polar surface area (TPSA) is 15.3 Å². The number of rotatable bonds is 4. The Bertz CT molecular complexity index is 212. The molecule has 1 aliphatic heterocycles. The zero-order valence-electron chi connectivity index (χ0n) is 9.64. The third-order valence-electron chi connectivity index (χ3n) is 2.87. The van der Waals surface area contributed by atoms with Gasteiger partial charge in [0.05, 0.1) is 6.54 Å². The molecule has 1 unspecified atom stereocenters. The Kier molecular flexibility index (Phi) is 5.00. The molecule has 80 valence electrons. The van der Waals surface area contributed by atoms with E-state index < -0.39 is 0 Å². The van der Waals surface area contributed by atoms with Crippen LogP contribution in [0.5, 0.6) is 0 Å². The van der Waals surface area contributed by atoms with Crippen LogP contribution in [0.4, 0.5) is 0 Å². The van der Waals surface area contributed by atoms with E-state index in [2.05, 4.69) is 35.9 Å². The lowest BCUT2D eigenvalue weighted by Crippen LogP contribution is -2.30. The fourth-order valence-corrected chi connectivity index (χ4v) is 1.93. The highest BCUT2D eigenvalue weighted by Gasteiger charge is 2.23. The number of hydrogen-bond donors (Lipinski definition) is 1. The highest BCUT2D eigenvalue weighted by Crippen LogP contribution is 2.17. The van der Waals surface area contributed by atoms with Crippen LogP contribution < -0.4 is 5.32 Å². The minimum absolute atomic E-state index is 0.704. The first-order chi connectivity index (χ1) is 6.74. The summed E-state index contributed by atoms with van der Waals surface area (Å²) >= 11 is 0. The maximum Gasteiger partial charge on any atom is 0.0576 e. The van der Waals surface area contributed by atoms with Crippen LogP contribution in [0.1, 0.15) is 27.2 Å². The maximum absolute atomic E-state index is 3.39. The summed E-state index contributed by atoms with van der Waals surface area (Å²) < 4.78 is 0. The largest absolute Gasteiger partial charge is 0.306 e. The van der Waals surface area contributed by atoms with Crippen LogP contribution in [0.2, 0.25) is 0 Å². The van der Waals surface area contributed by atoms with Crippen LogP contribution in [-0.4, -0.2) is 37.1 Å². The summed E-state index contributed by atoms with van der Waals surface area (Å²) in [5.41, 5.74) is 0. The summed E-state index contributed by atoms with van der Waals surface area (Å²) in [6.45, 7) is 10.9. The Labute approximate surface area is 88.1 Å². The molecule has 0 amide bonds. The lowest BCUT2D eigenvalue weighted by molar-refractivity contribution is 0.264. The van der Waals surface area contributed by atoms with E-state index in [4.69, 9.17) is 0 Å². The van der Waals surface area contributed by atoms with Crippen molar-refractivity contribution in [3.8, 4) is 11.8 Å². The molecule has 0 spiro atoms. The molecule has 0 bridgehead atoms. The van der Waals surface area contributed by atoms with Crippen LogP contribution >= 0.6 is 0 Å². The molecule has 1 saturated heterocycles. The van der Waals surface area contributed by atoms with Crippen LogP contribution in [0.3, 0.4) is 0 Å². The van der Waals surface area contributed by atoms with Crippen molar-refractivity contribution < 1.29 is 0 Å². The van der Waals surface area contributed by atoms with E-state index in [0.29, 0.717) is 6.04 Å². The van der Waals surface area contributed by atoms with E-state index in [1.807, 2.05) is 6.92 Å². The molecule has 0 radical (unpaired) electrons. The first-order valence-corrected chi connectivity index (χ1v) is 5.58. The van der Waals surface area contributed by atoms with Gasteiger partial charge in [-0.05, 0) is 39.7 Å². The number of hydrogen-bond acceptors (Lipinski definition) is 2. The summed E-state index contributed by atoms with van der Waals surface area (Å²) in [7, 11) is 0. The first kappa shape index (κ1) is 11.6. The smallest absolute Gasteiger partial charge is 0.0576 e. The Morgan fingerprint density at radius 2 is 2.29 bits per heavy atom. The van der Waals surface area contributed by atoms with E-state index in [1.165, 1.54) is 19.5 Å². The first-order valence-electron chi connectivity index (χ1n) is 5.58. The second-order valence-corrected chi connectivity index (χ2v) is 4.30. The summed E-state index contributed by atoms with van der Waals surface area (Å²) in [6, 6.07) is 0.704. The van der Waals surface area contributed by atoms with Crippen molar-refractivity contribution in [2.45, 2.75) is 33.2 Å². The lowest BCUT2D eigenvalue weighted by Gasteiger charge is -2.20. The van der Waals surface area contributed by atoms with Gasteiger partial charge in [0.25, 0.3) is 0 Å². The molecule has 0 aliphatic carbocycles. The van der Waals surface area contributed by atoms with E-state index in [9.17, 15) is 0 Å². The highest BCUT2D eigenvalue weighted by atomic mass is 15.2. The number of nitrogens with one attached hydrogen (secondary N) is 1. The molecule has 2 heteroatoms. The van der Waals surface area contributed by atoms with Gasteiger partial charge in [0.2, 0.25) is 0 Å². The van der Waals surface area contributed by atoms with E-state index in [0.717, 1.165) is 19.0 Å². The minimum atomic E-state index is 0.704. The summed E-state index contributed by atoms with van der Waals surface area (Å²) in [5.74, 6) is 6.76. The second kappa shape index (κ2) is 6.06. The molecule has 1 N–H and O–H groups in total. The van der Waals surface area contributed by atoms with Crippen molar-refractivity contribution in [2.75, 3.05) is 26.2 Å². The zero-order valence-corrected chi connectivity index (χ0v) is 9.64. The van der Waals surface area contributed by atoms with Gasteiger partial charge in [0.15, 0.2) is 0 Å². The van der Waals surface area contributed by atoms with Crippen LogP contribution in [0.25, 0.3) is 0 Å². The molecular formula is C12H22N2. The maximum atomic E-state index is 3.39. The van der Waals surface area contributed by atoms with Crippen LogP contribution in [0, 0.1) is 17.8 Å². The van der Waals surface area contributed by atoms with Crippen molar-refractivity contribution in [1.29, 1.82) is 0 Å². The van der Waals surface area contributed by atoms with Gasteiger partial charge in [0, 0.05) is 19.1 Å². The third kappa shape index (κ3) is 3.69. The van der Waals surface area contributed by atoms with E-state index >= 15 is 0 Å². The molecular weight excluding hydrogens is 172 g/mol. The monoisotopic (exact) mass is 194 g/mol.